The third-order valence-electron chi connectivity index (χ3n) is 3.27. The Morgan fingerprint density at radius 1 is 0.960 bits per heavy atom. The highest BCUT2D eigenvalue weighted by molar-refractivity contribution is 7.92. The van der Waals surface area contributed by atoms with Gasteiger partial charge in [-0.15, -0.1) is 0 Å². The third-order valence-corrected chi connectivity index (χ3v) is 4.67. The number of benzene rings is 2. The maximum atomic E-state index is 12.3. The van der Waals surface area contributed by atoms with Crippen LogP contribution >= 0.6 is 0 Å². The van der Waals surface area contributed by atoms with Crippen molar-refractivity contribution in [3.05, 3.63) is 54.6 Å². The molecule has 25 heavy (non-hydrogen) atoms. The zero-order valence-corrected chi connectivity index (χ0v) is 15.2. The Labute approximate surface area is 148 Å². The highest BCUT2D eigenvalue weighted by Gasteiger charge is 2.17. The maximum absolute atomic E-state index is 12.3. The number of amides is 1. The van der Waals surface area contributed by atoms with E-state index in [0.717, 1.165) is 0 Å². The van der Waals surface area contributed by atoms with Gasteiger partial charge in [0, 0.05) is 11.7 Å². The minimum absolute atomic E-state index is 0.0233. The summed E-state index contributed by atoms with van der Waals surface area (Å²) in [7, 11) is -3.68. The predicted octanol–water partition coefficient (Wildman–Crippen LogP) is 2.78. The molecule has 1 atom stereocenters. The normalized spacial score (nSPS) is 12.5. The fraction of sp³-hybridized carbons (Fsp3) is 0.278. The molecule has 1 amide bonds. The first-order valence-electron chi connectivity index (χ1n) is 7.93. The Balaban J connectivity index is 2.05. The summed E-state index contributed by atoms with van der Waals surface area (Å²) in [5.74, 6) is 0.197. The highest BCUT2D eigenvalue weighted by Crippen LogP contribution is 2.20. The van der Waals surface area contributed by atoms with Crippen molar-refractivity contribution in [2.24, 2.45) is 0 Å². The summed E-state index contributed by atoms with van der Waals surface area (Å²) in [5, 5.41) is 2.76. The van der Waals surface area contributed by atoms with E-state index in [0.29, 0.717) is 11.4 Å². The number of sulfonamides is 1. The topological polar surface area (TPSA) is 84.5 Å². The van der Waals surface area contributed by atoms with Gasteiger partial charge in [0.25, 0.3) is 15.9 Å². The monoisotopic (exact) mass is 362 g/mol. The van der Waals surface area contributed by atoms with Crippen LogP contribution in [-0.2, 0) is 14.8 Å². The predicted molar refractivity (Wildman–Crippen MR) is 97.1 cm³/mol. The van der Waals surface area contributed by atoms with Crippen molar-refractivity contribution >= 4 is 21.6 Å². The lowest BCUT2D eigenvalue weighted by atomic mass is 10.3. The average molecular weight is 362 g/mol. The van der Waals surface area contributed by atoms with Crippen LogP contribution in [-0.4, -0.2) is 26.5 Å². The van der Waals surface area contributed by atoms with Crippen LogP contribution in [0.4, 0.5) is 5.69 Å². The van der Waals surface area contributed by atoms with Crippen LogP contribution in [0.15, 0.2) is 59.5 Å². The largest absolute Gasteiger partial charge is 0.481 e. The van der Waals surface area contributed by atoms with Gasteiger partial charge in [-0.2, -0.15) is 0 Å². The van der Waals surface area contributed by atoms with E-state index in [4.69, 9.17) is 4.74 Å². The highest BCUT2D eigenvalue weighted by atomic mass is 32.2. The van der Waals surface area contributed by atoms with E-state index in [1.54, 1.807) is 37.3 Å². The minimum Gasteiger partial charge on any atom is -0.481 e. The van der Waals surface area contributed by atoms with Crippen LogP contribution in [0.25, 0.3) is 0 Å². The van der Waals surface area contributed by atoms with Crippen molar-refractivity contribution in [3.63, 3.8) is 0 Å². The first-order chi connectivity index (χ1) is 11.8. The number of ether oxygens (including phenoxy) is 1. The molecule has 0 aliphatic rings. The van der Waals surface area contributed by atoms with E-state index in [-0.39, 0.29) is 16.8 Å². The van der Waals surface area contributed by atoms with Gasteiger partial charge in [0.15, 0.2) is 6.10 Å². The third kappa shape index (κ3) is 5.49. The Bertz CT molecular complexity index is 803. The Hall–Kier alpha value is -2.54. The molecule has 0 unspecified atom stereocenters. The number of carbonyl (C=O) groups is 1. The molecule has 6 nitrogen and oxygen atoms in total. The number of rotatable bonds is 7. The second-order valence-corrected chi connectivity index (χ2v) is 7.55. The van der Waals surface area contributed by atoms with E-state index >= 15 is 0 Å². The minimum atomic E-state index is -3.68. The van der Waals surface area contributed by atoms with Gasteiger partial charge in [-0.05, 0) is 57.2 Å². The fourth-order valence-electron chi connectivity index (χ4n) is 2.08. The molecule has 2 rings (SSSR count). The van der Waals surface area contributed by atoms with Crippen molar-refractivity contribution in [3.8, 4) is 5.75 Å². The molecular weight excluding hydrogens is 340 g/mol. The van der Waals surface area contributed by atoms with E-state index in [2.05, 4.69) is 10.0 Å². The fourth-order valence-corrected chi connectivity index (χ4v) is 3.14. The summed E-state index contributed by atoms with van der Waals surface area (Å²) in [4.78, 5) is 12.0. The second-order valence-electron chi connectivity index (χ2n) is 5.87. The average Bonchev–Trinajstić information content (AvgIpc) is 2.55. The molecule has 0 bridgehead atoms. The molecule has 0 radical (unpaired) electrons. The molecule has 2 N–H and O–H groups in total. The number of anilines is 1. The molecule has 0 heterocycles. The molecule has 2 aromatic rings. The van der Waals surface area contributed by atoms with Gasteiger partial charge in [0.05, 0.1) is 4.90 Å². The Morgan fingerprint density at radius 3 is 2.12 bits per heavy atom. The van der Waals surface area contributed by atoms with Crippen molar-refractivity contribution in [2.45, 2.75) is 37.8 Å². The van der Waals surface area contributed by atoms with Crippen molar-refractivity contribution < 1.29 is 17.9 Å². The van der Waals surface area contributed by atoms with E-state index in [9.17, 15) is 13.2 Å². The molecule has 0 saturated carbocycles. The quantitative estimate of drug-likeness (QED) is 0.793. The van der Waals surface area contributed by atoms with Gasteiger partial charge in [-0.3, -0.25) is 9.52 Å². The van der Waals surface area contributed by atoms with Crippen LogP contribution in [0.3, 0.4) is 0 Å². The van der Waals surface area contributed by atoms with Crippen LogP contribution in [0.1, 0.15) is 20.8 Å². The summed E-state index contributed by atoms with van der Waals surface area (Å²) in [6, 6.07) is 14.6. The Morgan fingerprint density at radius 2 is 1.56 bits per heavy atom. The van der Waals surface area contributed by atoms with Crippen molar-refractivity contribution in [1.29, 1.82) is 0 Å². The summed E-state index contributed by atoms with van der Waals surface area (Å²) in [6.45, 7) is 5.37. The SMILES string of the molecule is CC(C)NC(=O)[C@H](C)Oc1ccc(S(=O)(=O)Nc2ccccc2)cc1. The number of hydrogen-bond acceptors (Lipinski definition) is 4. The van der Waals surface area contributed by atoms with Crippen molar-refractivity contribution in [1.82, 2.24) is 5.32 Å². The molecule has 0 aliphatic carbocycles. The molecule has 0 aromatic heterocycles. The van der Waals surface area contributed by atoms with Gasteiger partial charge in [0.2, 0.25) is 0 Å². The number of carbonyl (C=O) groups excluding carboxylic acids is 1. The van der Waals surface area contributed by atoms with Crippen LogP contribution < -0.4 is 14.8 Å². The van der Waals surface area contributed by atoms with Crippen molar-refractivity contribution in [2.75, 3.05) is 4.72 Å². The maximum Gasteiger partial charge on any atom is 0.261 e. The van der Waals surface area contributed by atoms with E-state index in [1.807, 2.05) is 13.8 Å². The van der Waals surface area contributed by atoms with Crippen LogP contribution in [0.2, 0.25) is 0 Å². The van der Waals surface area contributed by atoms with Crippen LogP contribution in [0, 0.1) is 0 Å². The lowest BCUT2D eigenvalue weighted by molar-refractivity contribution is -0.127. The van der Waals surface area contributed by atoms with Gasteiger partial charge in [-0.25, -0.2) is 8.42 Å². The smallest absolute Gasteiger partial charge is 0.261 e. The molecule has 2 aromatic carbocycles. The molecule has 0 spiro atoms. The molecular formula is C18H22N2O4S. The first-order valence-corrected chi connectivity index (χ1v) is 9.41. The zero-order valence-electron chi connectivity index (χ0n) is 14.4. The molecule has 0 aliphatic heterocycles. The molecule has 0 saturated heterocycles. The molecule has 134 valence electrons. The van der Waals surface area contributed by atoms with Gasteiger partial charge < -0.3 is 10.1 Å². The van der Waals surface area contributed by atoms with E-state index in [1.165, 1.54) is 24.3 Å². The molecule has 7 heteroatoms. The summed E-state index contributed by atoms with van der Waals surface area (Å²) >= 11 is 0. The van der Waals surface area contributed by atoms with E-state index < -0.39 is 16.1 Å². The van der Waals surface area contributed by atoms with Gasteiger partial charge in [0.1, 0.15) is 5.75 Å². The lowest BCUT2D eigenvalue weighted by Gasteiger charge is -2.16. The summed E-state index contributed by atoms with van der Waals surface area (Å²) in [6.07, 6.45) is -0.674. The number of para-hydroxylation sites is 1. The van der Waals surface area contributed by atoms with Gasteiger partial charge in [-0.1, -0.05) is 18.2 Å². The zero-order chi connectivity index (χ0) is 18.4. The lowest BCUT2D eigenvalue weighted by Crippen LogP contribution is -2.40. The summed E-state index contributed by atoms with van der Waals surface area (Å²) in [5.41, 5.74) is 0.488. The van der Waals surface area contributed by atoms with Crippen LogP contribution in [0.5, 0.6) is 5.75 Å². The number of hydrogen-bond donors (Lipinski definition) is 2. The standard InChI is InChI=1S/C18H22N2O4S/c1-13(2)19-18(21)14(3)24-16-9-11-17(12-10-16)25(22,23)20-15-7-5-4-6-8-15/h4-14,20H,1-3H3,(H,19,21)/t14-/m0/s1. The van der Waals surface area contributed by atoms with Gasteiger partial charge >= 0.3 is 0 Å². The Kier molecular flexibility index (Phi) is 6.03. The first kappa shape index (κ1) is 18.8. The number of nitrogens with one attached hydrogen (secondary N) is 2. The second kappa shape index (κ2) is 8.02. The molecule has 0 fully saturated rings. The summed E-state index contributed by atoms with van der Waals surface area (Å²) < 4.78 is 32.7.